The van der Waals surface area contributed by atoms with Crippen molar-refractivity contribution in [2.45, 2.75) is 6.54 Å². The number of anilines is 1. The summed E-state index contributed by atoms with van der Waals surface area (Å²) in [5, 5.41) is 10.9. The fraction of sp³-hybridized carbons (Fsp3) is 0.0556. The van der Waals surface area contributed by atoms with Crippen LogP contribution in [0.5, 0.6) is 0 Å². The second kappa shape index (κ2) is 7.60. The second-order valence-corrected chi connectivity index (χ2v) is 7.91. The number of amides is 1. The van der Waals surface area contributed by atoms with Gasteiger partial charge in [-0.2, -0.15) is 0 Å². The lowest BCUT2D eigenvalue weighted by Crippen LogP contribution is -2.30. The standard InChI is InChI=1S/C18H10F2N4O3S2/c19-10-7-12(20)16-14(8-10)29-18(22-16)23(9-11-3-1-2-6-21-11)17(25)13-4-5-15(28-13)24(26)27/h1-8H,9H2. The summed E-state index contributed by atoms with van der Waals surface area (Å²) in [7, 11) is 0. The van der Waals surface area contributed by atoms with Crippen molar-refractivity contribution in [3.05, 3.63) is 81.0 Å². The minimum Gasteiger partial charge on any atom is -0.277 e. The summed E-state index contributed by atoms with van der Waals surface area (Å²) in [4.78, 5) is 33.2. The number of thiazole rings is 1. The van der Waals surface area contributed by atoms with Crippen molar-refractivity contribution in [3.63, 3.8) is 0 Å². The average molecular weight is 432 g/mol. The summed E-state index contributed by atoms with van der Waals surface area (Å²) >= 11 is 1.67. The van der Waals surface area contributed by atoms with Crippen molar-refractivity contribution in [1.82, 2.24) is 9.97 Å². The van der Waals surface area contributed by atoms with Crippen molar-refractivity contribution in [1.29, 1.82) is 0 Å². The third kappa shape index (κ3) is 3.82. The first-order chi connectivity index (χ1) is 13.9. The molecular weight excluding hydrogens is 422 g/mol. The molecule has 0 bridgehead atoms. The van der Waals surface area contributed by atoms with Crippen molar-refractivity contribution in [3.8, 4) is 0 Å². The molecule has 3 aromatic heterocycles. The molecule has 0 N–H and O–H groups in total. The number of carbonyl (C=O) groups excluding carboxylic acids is 1. The molecule has 1 aromatic carbocycles. The Labute approximate surface area is 170 Å². The highest BCUT2D eigenvalue weighted by Gasteiger charge is 2.26. The van der Waals surface area contributed by atoms with Crippen LogP contribution >= 0.6 is 22.7 Å². The number of hydrogen-bond acceptors (Lipinski definition) is 7. The molecule has 3 heterocycles. The first-order valence-corrected chi connectivity index (χ1v) is 9.77. The Bertz CT molecular complexity index is 1230. The van der Waals surface area contributed by atoms with Crippen LogP contribution in [0.2, 0.25) is 0 Å². The lowest BCUT2D eigenvalue weighted by molar-refractivity contribution is -0.380. The Morgan fingerprint density at radius 3 is 2.69 bits per heavy atom. The Kier molecular flexibility index (Phi) is 4.99. The molecule has 0 aliphatic carbocycles. The molecule has 4 aromatic rings. The summed E-state index contributed by atoms with van der Waals surface area (Å²) in [6.45, 7) is 0.00922. The quantitative estimate of drug-likeness (QED) is 0.334. The molecule has 0 saturated carbocycles. The van der Waals surface area contributed by atoms with Crippen LogP contribution in [0.3, 0.4) is 0 Å². The number of fused-ring (bicyclic) bond motifs is 1. The van der Waals surface area contributed by atoms with Crippen LogP contribution in [-0.4, -0.2) is 20.8 Å². The fourth-order valence-corrected chi connectivity index (χ4v) is 4.39. The number of nitro groups is 1. The van der Waals surface area contributed by atoms with Gasteiger partial charge >= 0.3 is 5.00 Å². The van der Waals surface area contributed by atoms with Gasteiger partial charge in [-0.3, -0.25) is 24.8 Å². The first kappa shape index (κ1) is 19.0. The van der Waals surface area contributed by atoms with Crippen LogP contribution in [0.1, 0.15) is 15.4 Å². The minimum atomic E-state index is -0.834. The Hall–Kier alpha value is -3.31. The number of halogens is 2. The number of aromatic nitrogens is 2. The van der Waals surface area contributed by atoms with E-state index in [4.69, 9.17) is 0 Å². The van der Waals surface area contributed by atoms with Crippen molar-refractivity contribution in [2.24, 2.45) is 0 Å². The van der Waals surface area contributed by atoms with E-state index in [1.807, 2.05) is 0 Å². The second-order valence-electron chi connectivity index (χ2n) is 5.84. The molecule has 0 saturated heterocycles. The highest BCUT2D eigenvalue weighted by atomic mass is 32.1. The van der Waals surface area contributed by atoms with Crippen LogP contribution in [0.4, 0.5) is 18.9 Å². The summed E-state index contributed by atoms with van der Waals surface area (Å²) < 4.78 is 27.9. The predicted molar refractivity (Wildman–Crippen MR) is 105 cm³/mol. The molecule has 0 aliphatic rings. The molecule has 29 heavy (non-hydrogen) atoms. The number of hydrogen-bond donors (Lipinski definition) is 0. The molecule has 146 valence electrons. The SMILES string of the molecule is O=C(c1ccc([N+](=O)[O-])s1)N(Cc1ccccn1)c1nc2c(F)cc(F)cc2s1. The summed E-state index contributed by atoms with van der Waals surface area (Å²) in [6, 6.07) is 9.61. The molecule has 0 radical (unpaired) electrons. The van der Waals surface area contributed by atoms with Crippen LogP contribution in [-0.2, 0) is 6.54 Å². The van der Waals surface area contributed by atoms with E-state index in [-0.39, 0.29) is 31.8 Å². The van der Waals surface area contributed by atoms with Crippen LogP contribution in [0, 0.1) is 21.7 Å². The number of benzene rings is 1. The zero-order valence-electron chi connectivity index (χ0n) is 14.4. The van der Waals surface area contributed by atoms with Crippen molar-refractivity contribution < 1.29 is 18.5 Å². The van der Waals surface area contributed by atoms with E-state index in [1.54, 1.807) is 24.4 Å². The number of pyridine rings is 1. The van der Waals surface area contributed by atoms with E-state index >= 15 is 0 Å². The van der Waals surface area contributed by atoms with Crippen molar-refractivity contribution >= 4 is 48.9 Å². The monoisotopic (exact) mass is 432 g/mol. The first-order valence-electron chi connectivity index (χ1n) is 8.14. The molecule has 0 spiro atoms. The average Bonchev–Trinajstić information content (AvgIpc) is 3.34. The number of nitrogens with zero attached hydrogens (tertiary/aromatic N) is 4. The van der Waals surface area contributed by atoms with Gasteiger partial charge in [0, 0.05) is 18.3 Å². The third-order valence-corrected chi connectivity index (χ3v) is 5.96. The zero-order valence-corrected chi connectivity index (χ0v) is 16.0. The molecule has 11 heteroatoms. The maximum Gasteiger partial charge on any atom is 0.324 e. The Morgan fingerprint density at radius 1 is 1.17 bits per heavy atom. The van der Waals surface area contributed by atoms with Gasteiger partial charge in [-0.1, -0.05) is 28.7 Å². The zero-order chi connectivity index (χ0) is 20.5. The summed E-state index contributed by atoms with van der Waals surface area (Å²) in [5.74, 6) is -2.13. The van der Waals surface area contributed by atoms with Crippen LogP contribution < -0.4 is 4.90 Å². The van der Waals surface area contributed by atoms with Gasteiger partial charge in [0.15, 0.2) is 10.9 Å². The highest BCUT2D eigenvalue weighted by Crippen LogP contribution is 2.34. The maximum atomic E-state index is 14.1. The molecule has 4 rings (SSSR count). The largest absolute Gasteiger partial charge is 0.324 e. The maximum absolute atomic E-state index is 14.1. The van der Waals surface area contributed by atoms with E-state index in [9.17, 15) is 23.7 Å². The van der Waals surface area contributed by atoms with Gasteiger partial charge in [-0.25, -0.2) is 13.8 Å². The topological polar surface area (TPSA) is 89.2 Å². The Balaban J connectivity index is 1.78. The van der Waals surface area contributed by atoms with E-state index < -0.39 is 22.5 Å². The van der Waals surface area contributed by atoms with Crippen molar-refractivity contribution in [2.75, 3.05) is 4.90 Å². The summed E-state index contributed by atoms with van der Waals surface area (Å²) in [5.41, 5.74) is 0.486. The Morgan fingerprint density at radius 2 is 2.00 bits per heavy atom. The molecule has 1 amide bonds. The van der Waals surface area contributed by atoms with Gasteiger partial charge < -0.3 is 0 Å². The van der Waals surface area contributed by atoms with Crippen LogP contribution in [0.15, 0.2) is 48.7 Å². The molecule has 0 fully saturated rings. The fourth-order valence-electron chi connectivity index (χ4n) is 2.61. The van der Waals surface area contributed by atoms with E-state index in [0.29, 0.717) is 5.69 Å². The number of rotatable bonds is 5. The predicted octanol–water partition coefficient (Wildman–Crippen LogP) is 4.79. The van der Waals surface area contributed by atoms with E-state index in [1.165, 1.54) is 17.0 Å². The summed E-state index contributed by atoms with van der Waals surface area (Å²) in [6.07, 6.45) is 1.56. The molecule has 0 aliphatic heterocycles. The molecule has 7 nitrogen and oxygen atoms in total. The molecule has 0 atom stereocenters. The smallest absolute Gasteiger partial charge is 0.277 e. The van der Waals surface area contributed by atoms with Gasteiger partial charge in [0.1, 0.15) is 11.3 Å². The minimum absolute atomic E-state index is 0.00922. The molecule has 0 unspecified atom stereocenters. The number of thiophene rings is 1. The highest BCUT2D eigenvalue weighted by molar-refractivity contribution is 7.22. The van der Waals surface area contributed by atoms with Gasteiger partial charge in [0.2, 0.25) is 0 Å². The van der Waals surface area contributed by atoms with Crippen LogP contribution in [0.25, 0.3) is 10.2 Å². The van der Waals surface area contributed by atoms with Gasteiger partial charge in [-0.15, -0.1) is 0 Å². The number of carbonyl (C=O) groups is 1. The lowest BCUT2D eigenvalue weighted by Gasteiger charge is -2.18. The lowest BCUT2D eigenvalue weighted by atomic mass is 10.3. The normalized spacial score (nSPS) is 11.0. The molecular formula is C18H10F2N4O3S2. The third-order valence-electron chi connectivity index (χ3n) is 3.91. The van der Waals surface area contributed by atoms with E-state index in [2.05, 4.69) is 9.97 Å². The van der Waals surface area contributed by atoms with Gasteiger partial charge in [-0.05, 0) is 24.3 Å². The van der Waals surface area contributed by atoms with Gasteiger partial charge in [0.25, 0.3) is 5.91 Å². The van der Waals surface area contributed by atoms with E-state index in [0.717, 1.165) is 34.8 Å². The van der Waals surface area contributed by atoms with Gasteiger partial charge in [0.05, 0.1) is 26.7 Å².